The Morgan fingerprint density at radius 3 is 2.00 bits per heavy atom. The zero-order valence-corrected chi connectivity index (χ0v) is 12.3. The first kappa shape index (κ1) is 15.0. The van der Waals surface area contributed by atoms with Crippen LogP contribution in [0.5, 0.6) is 0 Å². The van der Waals surface area contributed by atoms with E-state index in [-0.39, 0.29) is 5.54 Å². The van der Waals surface area contributed by atoms with Gasteiger partial charge in [-0.1, -0.05) is 39.5 Å². The summed E-state index contributed by atoms with van der Waals surface area (Å²) in [5.41, 5.74) is 6.42. The second kappa shape index (κ2) is 6.75. The van der Waals surface area contributed by atoms with Gasteiger partial charge in [0.25, 0.3) is 0 Å². The Labute approximate surface area is 108 Å². The first-order chi connectivity index (χ1) is 8.02. The van der Waals surface area contributed by atoms with Crippen molar-refractivity contribution in [3.05, 3.63) is 0 Å². The third-order valence-corrected chi connectivity index (χ3v) is 4.64. The van der Waals surface area contributed by atoms with Gasteiger partial charge in [0.15, 0.2) is 0 Å². The Kier molecular flexibility index (Phi) is 5.94. The topological polar surface area (TPSA) is 29.3 Å². The smallest absolute Gasteiger partial charge is 0.0331 e. The van der Waals surface area contributed by atoms with E-state index >= 15 is 0 Å². The Morgan fingerprint density at radius 2 is 1.59 bits per heavy atom. The minimum Gasteiger partial charge on any atom is -0.329 e. The SMILES string of the molecule is CC(C)CC(C)N(C)C1(CN)CCCCCC1. The fourth-order valence-corrected chi connectivity index (χ4v) is 3.40. The number of nitrogens with zero attached hydrogens (tertiary/aromatic N) is 1. The lowest BCUT2D eigenvalue weighted by Gasteiger charge is -2.45. The third kappa shape index (κ3) is 3.96. The average molecular weight is 240 g/mol. The van der Waals surface area contributed by atoms with Gasteiger partial charge >= 0.3 is 0 Å². The number of hydrogen-bond acceptors (Lipinski definition) is 2. The maximum atomic E-state index is 6.14. The van der Waals surface area contributed by atoms with Crippen molar-refractivity contribution < 1.29 is 0 Å². The van der Waals surface area contributed by atoms with E-state index in [9.17, 15) is 0 Å². The summed E-state index contributed by atoms with van der Waals surface area (Å²) in [7, 11) is 2.30. The fraction of sp³-hybridized carbons (Fsp3) is 1.00. The van der Waals surface area contributed by atoms with Gasteiger partial charge in [-0.3, -0.25) is 4.90 Å². The molecule has 2 heteroatoms. The molecule has 0 radical (unpaired) electrons. The lowest BCUT2D eigenvalue weighted by Crippen LogP contribution is -2.55. The van der Waals surface area contributed by atoms with Crippen molar-refractivity contribution in [1.82, 2.24) is 4.90 Å². The summed E-state index contributed by atoms with van der Waals surface area (Å²) < 4.78 is 0. The molecule has 1 unspecified atom stereocenters. The van der Waals surface area contributed by atoms with Gasteiger partial charge in [0, 0.05) is 18.1 Å². The van der Waals surface area contributed by atoms with Crippen molar-refractivity contribution in [3.63, 3.8) is 0 Å². The number of likely N-dealkylation sites (N-methyl/N-ethyl adjacent to an activating group) is 1. The molecule has 0 saturated heterocycles. The zero-order chi connectivity index (χ0) is 12.9. The molecule has 0 spiro atoms. The van der Waals surface area contributed by atoms with E-state index in [0.717, 1.165) is 12.5 Å². The van der Waals surface area contributed by atoms with Crippen molar-refractivity contribution >= 4 is 0 Å². The summed E-state index contributed by atoms with van der Waals surface area (Å²) in [5, 5.41) is 0. The van der Waals surface area contributed by atoms with Gasteiger partial charge in [-0.2, -0.15) is 0 Å². The molecular weight excluding hydrogens is 208 g/mol. The fourth-order valence-electron chi connectivity index (χ4n) is 3.40. The quantitative estimate of drug-likeness (QED) is 0.746. The number of nitrogens with two attached hydrogens (primary N) is 1. The van der Waals surface area contributed by atoms with E-state index in [4.69, 9.17) is 5.73 Å². The summed E-state index contributed by atoms with van der Waals surface area (Å²) in [6.07, 6.45) is 9.37. The van der Waals surface area contributed by atoms with Crippen molar-refractivity contribution in [2.75, 3.05) is 13.6 Å². The molecule has 0 aromatic carbocycles. The van der Waals surface area contributed by atoms with Crippen molar-refractivity contribution in [3.8, 4) is 0 Å². The average Bonchev–Trinajstić information content (AvgIpc) is 2.53. The first-order valence-corrected chi connectivity index (χ1v) is 7.45. The van der Waals surface area contributed by atoms with Crippen molar-refractivity contribution in [1.29, 1.82) is 0 Å². The van der Waals surface area contributed by atoms with Gasteiger partial charge in [0.1, 0.15) is 0 Å². The maximum Gasteiger partial charge on any atom is 0.0331 e. The van der Waals surface area contributed by atoms with Gasteiger partial charge < -0.3 is 5.73 Å². The van der Waals surface area contributed by atoms with Gasteiger partial charge in [-0.05, 0) is 39.2 Å². The largest absolute Gasteiger partial charge is 0.329 e. The van der Waals surface area contributed by atoms with E-state index < -0.39 is 0 Å². The minimum absolute atomic E-state index is 0.283. The van der Waals surface area contributed by atoms with Crippen LogP contribution < -0.4 is 5.73 Å². The van der Waals surface area contributed by atoms with Crippen LogP contribution in [0.3, 0.4) is 0 Å². The second-order valence-electron chi connectivity index (χ2n) is 6.43. The maximum absolute atomic E-state index is 6.14. The van der Waals surface area contributed by atoms with Crippen LogP contribution in [0.2, 0.25) is 0 Å². The molecular formula is C15H32N2. The van der Waals surface area contributed by atoms with E-state index in [1.54, 1.807) is 0 Å². The molecule has 1 aliphatic carbocycles. The van der Waals surface area contributed by atoms with E-state index in [1.807, 2.05) is 0 Å². The van der Waals surface area contributed by atoms with Gasteiger partial charge in [-0.25, -0.2) is 0 Å². The van der Waals surface area contributed by atoms with E-state index in [0.29, 0.717) is 6.04 Å². The van der Waals surface area contributed by atoms with E-state index in [1.165, 1.54) is 44.9 Å². The molecule has 2 nitrogen and oxygen atoms in total. The molecule has 102 valence electrons. The standard InChI is InChI=1S/C15H32N2/c1-13(2)11-14(3)17(4)15(12-16)9-7-5-6-8-10-15/h13-14H,5-12,16H2,1-4H3. The highest BCUT2D eigenvalue weighted by atomic mass is 15.2. The predicted molar refractivity (Wildman–Crippen MR) is 76.2 cm³/mol. The van der Waals surface area contributed by atoms with Crippen LogP contribution in [0, 0.1) is 5.92 Å². The predicted octanol–water partition coefficient (Wildman–Crippen LogP) is 3.40. The minimum atomic E-state index is 0.283. The summed E-state index contributed by atoms with van der Waals surface area (Å²) in [4.78, 5) is 2.60. The molecule has 1 rings (SSSR count). The van der Waals surface area contributed by atoms with Crippen LogP contribution in [0.1, 0.15) is 65.7 Å². The van der Waals surface area contributed by atoms with Crippen LogP contribution >= 0.6 is 0 Å². The van der Waals surface area contributed by atoms with Crippen LogP contribution in [-0.4, -0.2) is 30.1 Å². The summed E-state index contributed by atoms with van der Waals surface area (Å²) >= 11 is 0. The molecule has 0 aliphatic heterocycles. The first-order valence-electron chi connectivity index (χ1n) is 7.45. The number of hydrogen-bond donors (Lipinski definition) is 1. The highest BCUT2D eigenvalue weighted by Gasteiger charge is 2.35. The molecule has 1 aliphatic rings. The third-order valence-electron chi connectivity index (χ3n) is 4.64. The molecule has 1 atom stereocenters. The van der Waals surface area contributed by atoms with E-state index in [2.05, 4.69) is 32.7 Å². The van der Waals surface area contributed by atoms with Crippen LogP contribution in [0.25, 0.3) is 0 Å². The monoisotopic (exact) mass is 240 g/mol. The Balaban J connectivity index is 2.69. The van der Waals surface area contributed by atoms with Crippen LogP contribution in [-0.2, 0) is 0 Å². The molecule has 1 saturated carbocycles. The number of rotatable bonds is 5. The molecule has 0 aromatic heterocycles. The molecule has 1 fully saturated rings. The lowest BCUT2D eigenvalue weighted by atomic mass is 9.86. The van der Waals surface area contributed by atoms with Gasteiger partial charge in [-0.15, -0.1) is 0 Å². The zero-order valence-electron chi connectivity index (χ0n) is 12.3. The van der Waals surface area contributed by atoms with Gasteiger partial charge in [0.2, 0.25) is 0 Å². The molecule has 0 bridgehead atoms. The molecule has 0 amide bonds. The van der Waals surface area contributed by atoms with Gasteiger partial charge in [0.05, 0.1) is 0 Å². The lowest BCUT2D eigenvalue weighted by molar-refractivity contribution is 0.0605. The van der Waals surface area contributed by atoms with Crippen molar-refractivity contribution in [2.45, 2.75) is 77.3 Å². The van der Waals surface area contributed by atoms with Crippen molar-refractivity contribution in [2.24, 2.45) is 11.7 Å². The summed E-state index contributed by atoms with van der Waals surface area (Å²) in [6, 6.07) is 0.650. The summed E-state index contributed by atoms with van der Waals surface area (Å²) in [6.45, 7) is 7.81. The Hall–Kier alpha value is -0.0800. The second-order valence-corrected chi connectivity index (χ2v) is 6.43. The highest BCUT2D eigenvalue weighted by Crippen LogP contribution is 2.33. The summed E-state index contributed by atoms with van der Waals surface area (Å²) in [5.74, 6) is 0.771. The van der Waals surface area contributed by atoms with Crippen LogP contribution in [0.15, 0.2) is 0 Å². The Bertz CT molecular complexity index is 205. The Morgan fingerprint density at radius 1 is 1.06 bits per heavy atom. The molecule has 2 N–H and O–H groups in total. The molecule has 17 heavy (non-hydrogen) atoms. The highest BCUT2D eigenvalue weighted by molar-refractivity contribution is 4.93. The van der Waals surface area contributed by atoms with Crippen LogP contribution in [0.4, 0.5) is 0 Å². The molecule has 0 aromatic rings. The molecule has 0 heterocycles. The normalized spacial score (nSPS) is 22.8.